The molecule has 1 aromatic heterocycles. The van der Waals surface area contributed by atoms with Crippen LogP contribution in [0.15, 0.2) is 28.0 Å². The summed E-state index contributed by atoms with van der Waals surface area (Å²) < 4.78 is 37.0. The van der Waals surface area contributed by atoms with Gasteiger partial charge < -0.3 is 11.1 Å². The summed E-state index contributed by atoms with van der Waals surface area (Å²) in [5.74, 6) is 0.393. The highest BCUT2D eigenvalue weighted by molar-refractivity contribution is 7.94. The summed E-state index contributed by atoms with van der Waals surface area (Å²) in [7, 11) is -4.54. The number of nitrogens with zero attached hydrogens (tertiary/aromatic N) is 3. The van der Waals surface area contributed by atoms with E-state index in [2.05, 4.69) is 29.6 Å². The lowest BCUT2D eigenvalue weighted by Gasteiger charge is -2.17. The molecule has 0 atom stereocenters. The van der Waals surface area contributed by atoms with Crippen molar-refractivity contribution in [2.45, 2.75) is 37.0 Å². The maximum absolute atomic E-state index is 11.6. The van der Waals surface area contributed by atoms with Crippen LogP contribution in [0.1, 0.15) is 26.6 Å². The topological polar surface area (TPSA) is 170 Å². The Morgan fingerprint density at radius 3 is 2.56 bits per heavy atom. The number of nitrogens with two attached hydrogens (primary N) is 1. The fourth-order valence-corrected chi connectivity index (χ4v) is 3.13. The highest BCUT2D eigenvalue weighted by Crippen LogP contribution is 2.30. The highest BCUT2D eigenvalue weighted by Gasteiger charge is 2.19. The molecular formula is C14H19N5O6S2. The van der Waals surface area contributed by atoms with Gasteiger partial charge in [0.25, 0.3) is 10.1 Å². The Labute approximate surface area is 160 Å². The standard InChI is InChI=1S/C14H19N5O6S2/c1-14(2,3)7-11-17-12(15)19-13(18-11)16-9-6-8(26-25-24-20)4-5-10(9)27(21,22)23/h4-6,20H,7H2,1-3H3,(H,21,22,23)(H3,15,16,17,18,19). The van der Waals surface area contributed by atoms with Gasteiger partial charge in [0.1, 0.15) is 10.7 Å². The van der Waals surface area contributed by atoms with Gasteiger partial charge >= 0.3 is 0 Å². The number of benzene rings is 1. The van der Waals surface area contributed by atoms with Crippen molar-refractivity contribution in [1.29, 1.82) is 0 Å². The minimum absolute atomic E-state index is 0.00752. The van der Waals surface area contributed by atoms with E-state index < -0.39 is 15.0 Å². The quantitative estimate of drug-likeness (QED) is 0.225. The number of nitrogen functional groups attached to an aromatic ring is 1. The van der Waals surface area contributed by atoms with E-state index in [0.29, 0.717) is 29.2 Å². The molecule has 0 fully saturated rings. The Kier molecular flexibility index (Phi) is 6.56. The van der Waals surface area contributed by atoms with Crippen molar-refractivity contribution in [3.05, 3.63) is 24.0 Å². The average Bonchev–Trinajstić information content (AvgIpc) is 2.49. The lowest BCUT2D eigenvalue weighted by Crippen LogP contribution is -2.15. The molecule has 2 rings (SSSR count). The summed E-state index contributed by atoms with van der Waals surface area (Å²) in [5, 5.41) is 14.4. The number of nitrogens with one attached hydrogen (secondary N) is 1. The SMILES string of the molecule is CC(C)(C)Cc1nc(N)nc(Nc2cc(SOOO)ccc2S(=O)(=O)O)n1. The molecule has 27 heavy (non-hydrogen) atoms. The maximum atomic E-state index is 11.6. The molecule has 2 aromatic rings. The molecule has 0 spiro atoms. The molecule has 0 unspecified atom stereocenters. The van der Waals surface area contributed by atoms with E-state index in [1.165, 1.54) is 12.1 Å². The predicted molar refractivity (Wildman–Crippen MR) is 97.6 cm³/mol. The fourth-order valence-electron chi connectivity index (χ4n) is 2.11. The second-order valence-corrected chi connectivity index (χ2v) is 8.82. The van der Waals surface area contributed by atoms with Crippen molar-refractivity contribution in [1.82, 2.24) is 15.0 Å². The summed E-state index contributed by atoms with van der Waals surface area (Å²) in [6, 6.07) is 3.81. The summed E-state index contributed by atoms with van der Waals surface area (Å²) in [4.78, 5) is 12.2. The first-order chi connectivity index (χ1) is 12.5. The smallest absolute Gasteiger partial charge is 0.296 e. The van der Waals surface area contributed by atoms with E-state index in [1.54, 1.807) is 0 Å². The van der Waals surface area contributed by atoms with Crippen LogP contribution < -0.4 is 11.1 Å². The number of hydrogen-bond acceptors (Lipinski definition) is 11. The Morgan fingerprint density at radius 1 is 1.26 bits per heavy atom. The van der Waals surface area contributed by atoms with Gasteiger partial charge in [0.05, 0.1) is 17.7 Å². The largest absolute Gasteiger partial charge is 0.368 e. The van der Waals surface area contributed by atoms with Gasteiger partial charge in [-0.05, 0) is 23.6 Å². The van der Waals surface area contributed by atoms with E-state index in [1.807, 2.05) is 20.8 Å². The van der Waals surface area contributed by atoms with Crippen LogP contribution in [0.4, 0.5) is 17.6 Å². The van der Waals surface area contributed by atoms with Gasteiger partial charge in [-0.3, -0.25) is 4.55 Å². The minimum Gasteiger partial charge on any atom is -0.368 e. The molecule has 0 aliphatic carbocycles. The molecule has 11 nitrogen and oxygen atoms in total. The molecule has 0 saturated carbocycles. The Balaban J connectivity index is 2.42. The second kappa shape index (κ2) is 8.33. The Hall–Kier alpha value is -2.03. The number of hydrogen-bond donors (Lipinski definition) is 4. The first-order valence-corrected chi connectivity index (χ1v) is 9.70. The summed E-state index contributed by atoms with van der Waals surface area (Å²) in [5.41, 5.74) is 5.57. The van der Waals surface area contributed by atoms with E-state index in [9.17, 15) is 13.0 Å². The summed E-state index contributed by atoms with van der Waals surface area (Å²) in [6.07, 6.45) is 0.511. The monoisotopic (exact) mass is 417 g/mol. The first-order valence-electron chi connectivity index (χ1n) is 7.52. The zero-order valence-electron chi connectivity index (χ0n) is 14.7. The van der Waals surface area contributed by atoms with E-state index in [4.69, 9.17) is 11.0 Å². The lowest BCUT2D eigenvalue weighted by atomic mass is 9.92. The first kappa shape index (κ1) is 21.3. The third-order valence-corrected chi connectivity index (χ3v) is 4.51. The van der Waals surface area contributed by atoms with E-state index >= 15 is 0 Å². The van der Waals surface area contributed by atoms with Crippen molar-refractivity contribution in [2.75, 3.05) is 11.1 Å². The lowest BCUT2D eigenvalue weighted by molar-refractivity contribution is -0.432. The van der Waals surface area contributed by atoms with Gasteiger partial charge in [0.15, 0.2) is 0 Å². The predicted octanol–water partition coefficient (Wildman–Crippen LogP) is 2.46. The van der Waals surface area contributed by atoms with E-state index in [-0.39, 0.29) is 23.0 Å². The van der Waals surface area contributed by atoms with Crippen LogP contribution in [0.2, 0.25) is 0 Å². The third-order valence-electron chi connectivity index (χ3n) is 3.02. The highest BCUT2D eigenvalue weighted by atomic mass is 32.2. The molecule has 1 aromatic carbocycles. The number of aromatic nitrogens is 3. The molecule has 5 N–H and O–H groups in total. The van der Waals surface area contributed by atoms with Gasteiger partial charge in [0, 0.05) is 11.3 Å². The van der Waals surface area contributed by atoms with Crippen LogP contribution in [0, 0.1) is 5.41 Å². The average molecular weight is 417 g/mol. The van der Waals surface area contributed by atoms with E-state index in [0.717, 1.165) is 6.07 Å². The zero-order chi connectivity index (χ0) is 20.2. The molecule has 0 bridgehead atoms. The van der Waals surface area contributed by atoms with Crippen LogP contribution in [0.3, 0.4) is 0 Å². The normalized spacial score (nSPS) is 12.2. The van der Waals surface area contributed by atoms with Crippen molar-refractivity contribution in [3.8, 4) is 0 Å². The molecule has 1 heterocycles. The van der Waals surface area contributed by atoms with Crippen LogP contribution in [0.25, 0.3) is 0 Å². The molecule has 148 valence electrons. The molecule has 0 aliphatic heterocycles. The van der Waals surface area contributed by atoms with Crippen LogP contribution in [0.5, 0.6) is 0 Å². The van der Waals surface area contributed by atoms with Gasteiger partial charge in [-0.25, -0.2) is 5.26 Å². The second-order valence-electron chi connectivity index (χ2n) is 6.65. The molecule has 0 aliphatic rings. The Bertz CT molecular complexity index is 917. The summed E-state index contributed by atoms with van der Waals surface area (Å²) in [6.45, 7) is 6.00. The molecular weight excluding hydrogens is 398 g/mol. The van der Waals surface area contributed by atoms with Crippen LogP contribution >= 0.6 is 12.0 Å². The van der Waals surface area contributed by atoms with Crippen molar-refractivity contribution >= 4 is 39.7 Å². The summed E-state index contributed by atoms with van der Waals surface area (Å²) >= 11 is 0.612. The van der Waals surface area contributed by atoms with Crippen molar-refractivity contribution in [3.63, 3.8) is 0 Å². The minimum atomic E-state index is -4.54. The van der Waals surface area contributed by atoms with Gasteiger partial charge in [-0.2, -0.15) is 23.4 Å². The van der Waals surface area contributed by atoms with Gasteiger partial charge in [-0.15, -0.1) is 4.33 Å². The zero-order valence-corrected chi connectivity index (χ0v) is 16.3. The Morgan fingerprint density at radius 2 is 1.96 bits per heavy atom. The van der Waals surface area contributed by atoms with Gasteiger partial charge in [-0.1, -0.05) is 25.8 Å². The molecule has 0 radical (unpaired) electrons. The van der Waals surface area contributed by atoms with Crippen LogP contribution in [-0.4, -0.2) is 33.2 Å². The number of anilines is 3. The fraction of sp³-hybridized carbons (Fsp3) is 0.357. The van der Waals surface area contributed by atoms with Crippen molar-refractivity contribution < 1.29 is 27.6 Å². The van der Waals surface area contributed by atoms with Crippen LogP contribution in [-0.2, 0) is 25.9 Å². The molecule has 13 heteroatoms. The maximum Gasteiger partial charge on any atom is 0.296 e. The van der Waals surface area contributed by atoms with Crippen molar-refractivity contribution in [2.24, 2.45) is 5.41 Å². The molecule has 0 amide bonds. The van der Waals surface area contributed by atoms with Gasteiger partial charge in [0.2, 0.25) is 11.9 Å². The molecule has 0 saturated heterocycles. The third kappa shape index (κ3) is 6.57. The number of rotatable bonds is 7.